The van der Waals surface area contributed by atoms with Gasteiger partial charge < -0.3 is 0 Å². The molecule has 0 saturated carbocycles. The summed E-state index contributed by atoms with van der Waals surface area (Å²) in [7, 11) is 0. The van der Waals surface area contributed by atoms with Crippen LogP contribution in [-0.4, -0.2) is 25.1 Å². The maximum absolute atomic E-state index is 10.6. The van der Waals surface area contributed by atoms with E-state index < -0.39 is 0 Å². The number of benzene rings is 1. The average molecular weight is 156 g/mol. The Morgan fingerprint density at radius 2 is 1.50 bits per heavy atom. The van der Waals surface area contributed by atoms with E-state index in [0.717, 1.165) is 23.0 Å². The molecule has 0 N–H and O–H groups in total. The van der Waals surface area contributed by atoms with Gasteiger partial charge in [0.1, 0.15) is 0 Å². The number of hydrogen-bond donors (Lipinski definition) is 0. The molecule has 0 aliphatic carbocycles. The van der Waals surface area contributed by atoms with Gasteiger partial charge in [0.05, 0.1) is 0 Å². The topological polar surface area (TPSA) is 17.1 Å². The Morgan fingerprint density at radius 3 is 1.83 bits per heavy atom. The third-order valence-electron chi connectivity index (χ3n) is 1.86. The zero-order chi connectivity index (χ0) is 8.43. The van der Waals surface area contributed by atoms with Crippen molar-refractivity contribution in [1.29, 1.82) is 0 Å². The molecule has 1 rings (SSSR count). The quantitative estimate of drug-likeness (QED) is 0.447. The van der Waals surface area contributed by atoms with E-state index in [9.17, 15) is 4.79 Å². The van der Waals surface area contributed by atoms with Crippen molar-refractivity contribution in [2.75, 3.05) is 0 Å². The molecule has 0 unspecified atom stereocenters. The standard InChI is InChI=1S/C10H12O.Li.H/c1-7-4-8(2)10(6-11)9(3)5-7;;/h4-6H,1-3H3;;. The molecule has 60 valence electrons. The molecule has 1 aromatic carbocycles. The van der Waals surface area contributed by atoms with Crippen molar-refractivity contribution < 1.29 is 4.79 Å². The van der Waals surface area contributed by atoms with Gasteiger partial charge in [-0.25, -0.2) is 0 Å². The summed E-state index contributed by atoms with van der Waals surface area (Å²) >= 11 is 0. The van der Waals surface area contributed by atoms with Gasteiger partial charge in [-0.3, -0.25) is 4.79 Å². The Kier molecular flexibility index (Phi) is 4.31. The van der Waals surface area contributed by atoms with Crippen molar-refractivity contribution in [3.8, 4) is 0 Å². The van der Waals surface area contributed by atoms with Crippen molar-refractivity contribution in [1.82, 2.24) is 0 Å². The molecule has 0 atom stereocenters. The first-order valence-electron chi connectivity index (χ1n) is 3.68. The molecule has 0 aromatic heterocycles. The summed E-state index contributed by atoms with van der Waals surface area (Å²) in [5, 5.41) is 0. The fourth-order valence-corrected chi connectivity index (χ4v) is 1.38. The number of aldehydes is 1. The SMILES string of the molecule is Cc1cc(C)c(C=O)c(C)c1.[LiH]. The van der Waals surface area contributed by atoms with Crippen LogP contribution >= 0.6 is 0 Å². The average Bonchev–Trinajstić information content (AvgIpc) is 1.85. The molecule has 0 bridgehead atoms. The zero-order valence-corrected chi connectivity index (χ0v) is 7.14. The Morgan fingerprint density at radius 1 is 1.08 bits per heavy atom. The molecule has 0 heterocycles. The third kappa shape index (κ3) is 2.23. The van der Waals surface area contributed by atoms with Gasteiger partial charge in [0.25, 0.3) is 0 Å². The van der Waals surface area contributed by atoms with Crippen LogP contribution < -0.4 is 0 Å². The van der Waals surface area contributed by atoms with Gasteiger partial charge in [0.15, 0.2) is 6.29 Å². The second-order valence-electron chi connectivity index (χ2n) is 2.93. The van der Waals surface area contributed by atoms with Crippen LogP contribution in [0.25, 0.3) is 0 Å². The third-order valence-corrected chi connectivity index (χ3v) is 1.86. The molecular weight excluding hydrogens is 143 g/mol. The van der Waals surface area contributed by atoms with Crippen LogP contribution in [0.4, 0.5) is 0 Å². The van der Waals surface area contributed by atoms with Gasteiger partial charge in [0, 0.05) is 5.56 Å². The minimum atomic E-state index is 0. The molecule has 0 radical (unpaired) electrons. The van der Waals surface area contributed by atoms with Gasteiger partial charge in [-0.2, -0.15) is 0 Å². The fourth-order valence-electron chi connectivity index (χ4n) is 1.38. The van der Waals surface area contributed by atoms with Crippen molar-refractivity contribution >= 4 is 25.1 Å². The van der Waals surface area contributed by atoms with E-state index in [0.29, 0.717) is 0 Å². The predicted molar refractivity (Wildman–Crippen MR) is 53.2 cm³/mol. The van der Waals surface area contributed by atoms with Crippen molar-refractivity contribution in [2.24, 2.45) is 0 Å². The number of carbonyl (C=O) groups excluding carboxylic acids is 1. The summed E-state index contributed by atoms with van der Waals surface area (Å²) in [6, 6.07) is 4.05. The van der Waals surface area contributed by atoms with E-state index in [1.54, 1.807) is 0 Å². The van der Waals surface area contributed by atoms with Gasteiger partial charge >= 0.3 is 18.9 Å². The number of rotatable bonds is 1. The summed E-state index contributed by atoms with van der Waals surface area (Å²) in [6.45, 7) is 5.96. The Hall–Kier alpha value is -0.513. The van der Waals surface area contributed by atoms with Crippen LogP contribution in [0.2, 0.25) is 0 Å². The van der Waals surface area contributed by atoms with E-state index in [2.05, 4.69) is 0 Å². The van der Waals surface area contributed by atoms with Crippen LogP contribution in [0.1, 0.15) is 27.0 Å². The van der Waals surface area contributed by atoms with E-state index in [4.69, 9.17) is 0 Å². The monoisotopic (exact) mass is 156 g/mol. The Balaban J connectivity index is 0.00000121. The van der Waals surface area contributed by atoms with Crippen LogP contribution in [-0.2, 0) is 0 Å². The molecule has 0 spiro atoms. The molecule has 0 fully saturated rings. The summed E-state index contributed by atoms with van der Waals surface area (Å²) < 4.78 is 0. The normalized spacial score (nSPS) is 8.92. The number of aryl methyl sites for hydroxylation is 3. The van der Waals surface area contributed by atoms with Gasteiger partial charge in [-0.05, 0) is 31.9 Å². The van der Waals surface area contributed by atoms with Gasteiger partial charge in [-0.15, -0.1) is 0 Å². The van der Waals surface area contributed by atoms with Crippen molar-refractivity contribution in [2.45, 2.75) is 20.8 Å². The first kappa shape index (κ1) is 11.5. The van der Waals surface area contributed by atoms with E-state index in [-0.39, 0.29) is 18.9 Å². The molecule has 0 aliphatic heterocycles. The van der Waals surface area contributed by atoms with Crippen LogP contribution in [0.5, 0.6) is 0 Å². The molecule has 0 aliphatic rings. The van der Waals surface area contributed by atoms with Crippen LogP contribution in [0.3, 0.4) is 0 Å². The van der Waals surface area contributed by atoms with Crippen molar-refractivity contribution in [3.05, 3.63) is 34.4 Å². The second-order valence-corrected chi connectivity index (χ2v) is 2.93. The fraction of sp³-hybridized carbons (Fsp3) is 0.300. The molecular formula is C10H13LiO. The minimum absolute atomic E-state index is 0. The summed E-state index contributed by atoms with van der Waals surface area (Å²) in [5.74, 6) is 0. The summed E-state index contributed by atoms with van der Waals surface area (Å²) in [5.41, 5.74) is 4.18. The van der Waals surface area contributed by atoms with Crippen LogP contribution in [0.15, 0.2) is 12.1 Å². The van der Waals surface area contributed by atoms with Gasteiger partial charge in [-0.1, -0.05) is 17.7 Å². The second kappa shape index (κ2) is 4.50. The number of hydrogen-bond acceptors (Lipinski definition) is 1. The molecule has 1 nitrogen and oxygen atoms in total. The number of carbonyl (C=O) groups is 1. The first-order chi connectivity index (χ1) is 5.15. The van der Waals surface area contributed by atoms with E-state index in [1.807, 2.05) is 32.9 Å². The molecule has 12 heavy (non-hydrogen) atoms. The maximum atomic E-state index is 10.6. The molecule has 0 amide bonds. The molecule has 0 saturated heterocycles. The Labute approximate surface area is 85.4 Å². The van der Waals surface area contributed by atoms with Gasteiger partial charge in [0.2, 0.25) is 0 Å². The zero-order valence-electron chi connectivity index (χ0n) is 7.14. The molecule has 1 aromatic rings. The van der Waals surface area contributed by atoms with E-state index in [1.165, 1.54) is 5.56 Å². The van der Waals surface area contributed by atoms with E-state index >= 15 is 0 Å². The summed E-state index contributed by atoms with van der Waals surface area (Å²) in [4.78, 5) is 10.6. The summed E-state index contributed by atoms with van der Waals surface area (Å²) in [6.07, 6.45) is 0.921. The Bertz CT molecular complexity index is 269. The molecule has 2 heteroatoms. The predicted octanol–water partition coefficient (Wildman–Crippen LogP) is 1.78. The van der Waals surface area contributed by atoms with Crippen LogP contribution in [0, 0.1) is 20.8 Å². The van der Waals surface area contributed by atoms with Crippen molar-refractivity contribution in [3.63, 3.8) is 0 Å². The first-order valence-corrected chi connectivity index (χ1v) is 3.68.